The molecule has 0 saturated heterocycles. The molecule has 0 rings (SSSR count). The second-order valence-corrected chi connectivity index (χ2v) is 8.84. The normalized spacial score (nSPS) is 13.7. The Morgan fingerprint density at radius 2 is 1.67 bits per heavy atom. The smallest absolute Gasteiger partial charge is 0.0598 e. The van der Waals surface area contributed by atoms with Crippen molar-refractivity contribution in [2.24, 2.45) is 5.41 Å². The Balaban J connectivity index is 4.09. The van der Waals surface area contributed by atoms with Crippen LogP contribution in [0.5, 0.6) is 0 Å². The van der Waals surface area contributed by atoms with E-state index in [4.69, 9.17) is 0 Å². The molecule has 0 spiro atoms. The summed E-state index contributed by atoms with van der Waals surface area (Å²) in [6.45, 7) is 14.2. The van der Waals surface area contributed by atoms with Gasteiger partial charge in [-0.25, -0.2) is 0 Å². The average Bonchev–Trinajstić information content (AvgIpc) is 2.08. The first-order valence-corrected chi connectivity index (χ1v) is 9.48. The maximum Gasteiger partial charge on any atom is 0.0598 e. The van der Waals surface area contributed by atoms with E-state index < -0.39 is 8.80 Å². The lowest BCUT2D eigenvalue weighted by Gasteiger charge is -2.26. The standard InChI is InChI=1S/C14H30Si/c1-7-8-9-10-11-12-13(15(5)6)14(2,3)4/h12,15H,7-11H2,1-6H3/b13-12-. The van der Waals surface area contributed by atoms with Gasteiger partial charge < -0.3 is 0 Å². The van der Waals surface area contributed by atoms with Crippen LogP contribution in [-0.2, 0) is 0 Å². The summed E-state index contributed by atoms with van der Waals surface area (Å²) in [7, 11) is -0.608. The molecule has 90 valence electrons. The Kier molecular flexibility index (Phi) is 7.25. The van der Waals surface area contributed by atoms with Crippen molar-refractivity contribution in [3.63, 3.8) is 0 Å². The van der Waals surface area contributed by atoms with Crippen LogP contribution >= 0.6 is 0 Å². The minimum atomic E-state index is -0.608. The number of allylic oxidation sites excluding steroid dienone is 2. The summed E-state index contributed by atoms with van der Waals surface area (Å²) in [5.41, 5.74) is 0.408. The summed E-state index contributed by atoms with van der Waals surface area (Å²) in [5, 5.41) is 1.76. The van der Waals surface area contributed by atoms with Crippen LogP contribution < -0.4 is 0 Å². The number of hydrogen-bond acceptors (Lipinski definition) is 0. The Morgan fingerprint density at radius 3 is 2.07 bits per heavy atom. The molecule has 0 atom stereocenters. The fourth-order valence-corrected chi connectivity index (χ4v) is 4.61. The number of unbranched alkanes of at least 4 members (excludes halogenated alkanes) is 4. The molecule has 0 aliphatic carbocycles. The third-order valence-corrected chi connectivity index (χ3v) is 5.26. The monoisotopic (exact) mass is 226 g/mol. The highest BCUT2D eigenvalue weighted by atomic mass is 28.3. The zero-order valence-electron chi connectivity index (χ0n) is 11.7. The summed E-state index contributed by atoms with van der Waals surface area (Å²) >= 11 is 0. The molecule has 0 aromatic carbocycles. The zero-order valence-corrected chi connectivity index (χ0v) is 12.8. The van der Waals surface area contributed by atoms with E-state index in [2.05, 4.69) is 46.9 Å². The van der Waals surface area contributed by atoms with Gasteiger partial charge in [-0.2, -0.15) is 0 Å². The third-order valence-electron chi connectivity index (χ3n) is 2.91. The molecule has 0 fully saturated rings. The van der Waals surface area contributed by atoms with E-state index in [9.17, 15) is 0 Å². The van der Waals surface area contributed by atoms with Crippen molar-refractivity contribution < 1.29 is 0 Å². The van der Waals surface area contributed by atoms with E-state index in [0.29, 0.717) is 5.41 Å². The summed E-state index contributed by atoms with van der Waals surface area (Å²) in [4.78, 5) is 0. The van der Waals surface area contributed by atoms with Crippen molar-refractivity contribution in [2.45, 2.75) is 72.9 Å². The Hall–Kier alpha value is -0.0431. The van der Waals surface area contributed by atoms with E-state index in [1.165, 1.54) is 32.1 Å². The number of hydrogen-bond donors (Lipinski definition) is 0. The van der Waals surface area contributed by atoms with Crippen LogP contribution in [0, 0.1) is 5.41 Å². The van der Waals surface area contributed by atoms with Crippen LogP contribution in [0.1, 0.15) is 59.8 Å². The average molecular weight is 226 g/mol. The van der Waals surface area contributed by atoms with E-state index in [0.717, 1.165) is 0 Å². The molecule has 0 aliphatic rings. The van der Waals surface area contributed by atoms with Gasteiger partial charge in [-0.1, -0.05) is 71.3 Å². The van der Waals surface area contributed by atoms with Crippen molar-refractivity contribution in [3.05, 3.63) is 11.3 Å². The quantitative estimate of drug-likeness (QED) is 0.444. The summed E-state index contributed by atoms with van der Waals surface area (Å²) in [6, 6.07) is 0. The lowest BCUT2D eigenvalue weighted by molar-refractivity contribution is 0.523. The molecule has 15 heavy (non-hydrogen) atoms. The van der Waals surface area contributed by atoms with Gasteiger partial charge in [0, 0.05) is 0 Å². The van der Waals surface area contributed by atoms with Crippen LogP contribution in [0.4, 0.5) is 0 Å². The van der Waals surface area contributed by atoms with Gasteiger partial charge in [-0.05, 0) is 18.3 Å². The molecule has 0 unspecified atom stereocenters. The zero-order chi connectivity index (χ0) is 11.9. The maximum atomic E-state index is 2.55. The molecule has 0 N–H and O–H groups in total. The molecule has 0 saturated carbocycles. The van der Waals surface area contributed by atoms with Crippen LogP contribution in [0.2, 0.25) is 13.1 Å². The van der Waals surface area contributed by atoms with Crippen LogP contribution in [0.25, 0.3) is 0 Å². The Bertz CT molecular complexity index is 184. The first kappa shape index (κ1) is 15.0. The van der Waals surface area contributed by atoms with Crippen molar-refractivity contribution in [2.75, 3.05) is 0 Å². The SMILES string of the molecule is CCCCCC/C=C(\[SiH](C)C)C(C)(C)C. The largest absolute Gasteiger partial charge is 0.0890 e. The Labute approximate surface area is 98.8 Å². The van der Waals surface area contributed by atoms with E-state index in [1.54, 1.807) is 5.20 Å². The number of rotatable bonds is 6. The summed E-state index contributed by atoms with van der Waals surface area (Å²) < 4.78 is 0. The highest BCUT2D eigenvalue weighted by Crippen LogP contribution is 2.28. The fourth-order valence-electron chi connectivity index (χ4n) is 2.24. The van der Waals surface area contributed by atoms with E-state index in [-0.39, 0.29) is 0 Å². The van der Waals surface area contributed by atoms with Gasteiger partial charge in [0.2, 0.25) is 0 Å². The van der Waals surface area contributed by atoms with Gasteiger partial charge in [0.1, 0.15) is 0 Å². The second kappa shape index (κ2) is 7.27. The maximum absolute atomic E-state index is 2.55. The predicted octanol–water partition coefficient (Wildman–Crippen LogP) is 4.96. The van der Waals surface area contributed by atoms with Crippen LogP contribution in [0.3, 0.4) is 0 Å². The van der Waals surface area contributed by atoms with Crippen molar-refractivity contribution in [1.82, 2.24) is 0 Å². The Morgan fingerprint density at radius 1 is 1.07 bits per heavy atom. The van der Waals surface area contributed by atoms with E-state index in [1.807, 2.05) is 0 Å². The van der Waals surface area contributed by atoms with Crippen molar-refractivity contribution in [1.29, 1.82) is 0 Å². The second-order valence-electron chi connectivity index (χ2n) is 5.91. The van der Waals surface area contributed by atoms with Gasteiger partial charge in [0.25, 0.3) is 0 Å². The van der Waals surface area contributed by atoms with Gasteiger partial charge in [0.05, 0.1) is 8.80 Å². The molecular formula is C14H30Si. The molecule has 0 aliphatic heterocycles. The predicted molar refractivity (Wildman–Crippen MR) is 75.2 cm³/mol. The summed E-state index contributed by atoms with van der Waals surface area (Å²) in [6.07, 6.45) is 9.38. The molecule has 0 aromatic heterocycles. The molecule has 0 amide bonds. The third kappa shape index (κ3) is 6.94. The topological polar surface area (TPSA) is 0 Å². The first-order valence-electron chi connectivity index (χ1n) is 6.60. The molecular weight excluding hydrogens is 196 g/mol. The lowest BCUT2D eigenvalue weighted by atomic mass is 9.95. The highest BCUT2D eigenvalue weighted by molar-refractivity contribution is 6.64. The molecule has 1 heteroatoms. The van der Waals surface area contributed by atoms with Gasteiger partial charge in [0.15, 0.2) is 0 Å². The lowest BCUT2D eigenvalue weighted by Crippen LogP contribution is -2.20. The molecule has 0 radical (unpaired) electrons. The van der Waals surface area contributed by atoms with E-state index >= 15 is 0 Å². The molecule has 0 bridgehead atoms. The van der Waals surface area contributed by atoms with Crippen molar-refractivity contribution in [3.8, 4) is 0 Å². The fraction of sp³-hybridized carbons (Fsp3) is 0.857. The van der Waals surface area contributed by atoms with Crippen LogP contribution in [0.15, 0.2) is 11.3 Å². The molecule has 0 aromatic rings. The van der Waals surface area contributed by atoms with Crippen LogP contribution in [-0.4, -0.2) is 8.80 Å². The molecule has 0 nitrogen and oxygen atoms in total. The van der Waals surface area contributed by atoms with Gasteiger partial charge in [-0.15, -0.1) is 0 Å². The molecule has 0 heterocycles. The summed E-state index contributed by atoms with van der Waals surface area (Å²) in [5.74, 6) is 0. The van der Waals surface area contributed by atoms with Gasteiger partial charge in [-0.3, -0.25) is 0 Å². The van der Waals surface area contributed by atoms with Crippen molar-refractivity contribution >= 4 is 8.80 Å². The highest BCUT2D eigenvalue weighted by Gasteiger charge is 2.19. The first-order chi connectivity index (χ1) is 6.89. The minimum absolute atomic E-state index is 0.408. The van der Waals surface area contributed by atoms with Gasteiger partial charge >= 0.3 is 0 Å². The minimum Gasteiger partial charge on any atom is -0.0890 e.